The summed E-state index contributed by atoms with van der Waals surface area (Å²) in [5, 5.41) is 2.64. The van der Waals surface area contributed by atoms with Gasteiger partial charge in [0.1, 0.15) is 5.82 Å². The molecule has 2 aromatic rings. The summed E-state index contributed by atoms with van der Waals surface area (Å²) in [5.41, 5.74) is 6.66. The lowest BCUT2D eigenvalue weighted by molar-refractivity contribution is 0.102. The summed E-state index contributed by atoms with van der Waals surface area (Å²) < 4.78 is 14.4. The smallest absolute Gasteiger partial charge is 0.256 e. The van der Waals surface area contributed by atoms with Crippen LogP contribution >= 0.6 is 31.9 Å². The van der Waals surface area contributed by atoms with Crippen LogP contribution in [0.1, 0.15) is 10.4 Å². The van der Waals surface area contributed by atoms with Crippen LogP contribution in [0.25, 0.3) is 0 Å². The molecule has 3 nitrogen and oxygen atoms in total. The first-order chi connectivity index (χ1) is 8.97. The summed E-state index contributed by atoms with van der Waals surface area (Å²) in [7, 11) is 0. The average Bonchev–Trinajstić information content (AvgIpc) is 2.32. The normalized spacial score (nSPS) is 10.3. The van der Waals surface area contributed by atoms with E-state index in [2.05, 4.69) is 37.2 Å². The van der Waals surface area contributed by atoms with Gasteiger partial charge in [0.2, 0.25) is 0 Å². The predicted octanol–water partition coefficient (Wildman–Crippen LogP) is 4.19. The number of anilines is 2. The summed E-state index contributed by atoms with van der Waals surface area (Å²) in [6, 6.07) is 9.02. The van der Waals surface area contributed by atoms with Gasteiger partial charge in [0.15, 0.2) is 0 Å². The minimum atomic E-state index is -0.444. The fraction of sp³-hybridized carbons (Fsp3) is 0. The van der Waals surface area contributed by atoms with Crippen molar-refractivity contribution in [3.8, 4) is 0 Å². The van der Waals surface area contributed by atoms with Crippen molar-refractivity contribution >= 4 is 49.1 Å². The van der Waals surface area contributed by atoms with E-state index in [1.807, 2.05) is 0 Å². The first-order valence-corrected chi connectivity index (χ1v) is 6.87. The molecular weight excluding hydrogens is 379 g/mol. The molecule has 0 saturated carbocycles. The van der Waals surface area contributed by atoms with Crippen LogP contribution in [0.3, 0.4) is 0 Å². The molecule has 0 aliphatic heterocycles. The molecule has 0 radical (unpaired) electrons. The maximum Gasteiger partial charge on any atom is 0.256 e. The quantitative estimate of drug-likeness (QED) is 0.759. The largest absolute Gasteiger partial charge is 0.397 e. The molecule has 0 saturated heterocycles. The maximum absolute atomic E-state index is 12.9. The lowest BCUT2D eigenvalue weighted by Crippen LogP contribution is -2.13. The maximum atomic E-state index is 12.9. The molecule has 0 bridgehead atoms. The van der Waals surface area contributed by atoms with Crippen LogP contribution in [0.15, 0.2) is 45.3 Å². The number of halogens is 3. The number of benzene rings is 2. The Morgan fingerprint density at radius 3 is 2.53 bits per heavy atom. The molecule has 0 heterocycles. The Bertz CT molecular complexity index is 647. The Hall–Kier alpha value is -1.40. The summed E-state index contributed by atoms with van der Waals surface area (Å²) >= 11 is 6.62. The van der Waals surface area contributed by atoms with Gasteiger partial charge in [0.25, 0.3) is 5.91 Å². The number of carbonyl (C=O) groups is 1. The minimum absolute atomic E-state index is 0.182. The molecule has 19 heavy (non-hydrogen) atoms. The highest BCUT2D eigenvalue weighted by Gasteiger charge is 2.12. The van der Waals surface area contributed by atoms with Crippen LogP contribution < -0.4 is 11.1 Å². The van der Waals surface area contributed by atoms with E-state index < -0.39 is 5.82 Å². The lowest BCUT2D eigenvalue weighted by atomic mass is 10.2. The number of nitrogens with one attached hydrogen (secondary N) is 1. The summed E-state index contributed by atoms with van der Waals surface area (Å²) in [4.78, 5) is 12.1. The minimum Gasteiger partial charge on any atom is -0.397 e. The Balaban J connectivity index is 2.25. The van der Waals surface area contributed by atoms with Crippen LogP contribution in [0, 0.1) is 5.82 Å². The number of nitrogen functional groups attached to an aromatic ring is 1. The molecule has 0 unspecified atom stereocenters. The van der Waals surface area contributed by atoms with Gasteiger partial charge in [0.05, 0.1) is 16.9 Å². The topological polar surface area (TPSA) is 55.1 Å². The van der Waals surface area contributed by atoms with E-state index in [-0.39, 0.29) is 11.6 Å². The van der Waals surface area contributed by atoms with Crippen molar-refractivity contribution in [1.82, 2.24) is 0 Å². The van der Waals surface area contributed by atoms with E-state index in [1.165, 1.54) is 12.1 Å². The Kier molecular flexibility index (Phi) is 4.21. The van der Waals surface area contributed by atoms with Crippen molar-refractivity contribution in [2.24, 2.45) is 0 Å². The molecule has 0 aliphatic rings. The zero-order valence-electron chi connectivity index (χ0n) is 9.58. The fourth-order valence-electron chi connectivity index (χ4n) is 1.51. The summed E-state index contributed by atoms with van der Waals surface area (Å²) in [5.74, 6) is -0.766. The molecule has 6 heteroatoms. The second-order valence-electron chi connectivity index (χ2n) is 3.81. The Labute approximate surface area is 126 Å². The number of rotatable bonds is 2. The fourth-order valence-corrected chi connectivity index (χ4v) is 2.74. The second kappa shape index (κ2) is 5.71. The monoisotopic (exact) mass is 386 g/mol. The number of amides is 1. The molecule has 0 spiro atoms. The zero-order valence-corrected chi connectivity index (χ0v) is 12.8. The van der Waals surface area contributed by atoms with E-state index in [4.69, 9.17) is 5.73 Å². The van der Waals surface area contributed by atoms with Crippen LogP contribution in [-0.4, -0.2) is 5.91 Å². The van der Waals surface area contributed by atoms with Gasteiger partial charge < -0.3 is 11.1 Å². The van der Waals surface area contributed by atoms with Crippen molar-refractivity contribution in [2.45, 2.75) is 0 Å². The SMILES string of the molecule is Nc1cc(F)ccc1NC(=O)c1ccc(Br)cc1Br. The predicted molar refractivity (Wildman–Crippen MR) is 80.6 cm³/mol. The highest BCUT2D eigenvalue weighted by Crippen LogP contribution is 2.24. The van der Waals surface area contributed by atoms with Crippen LogP contribution in [0.2, 0.25) is 0 Å². The van der Waals surface area contributed by atoms with Gasteiger partial charge in [-0.2, -0.15) is 0 Å². The van der Waals surface area contributed by atoms with Crippen molar-refractivity contribution in [3.63, 3.8) is 0 Å². The first-order valence-electron chi connectivity index (χ1n) is 5.29. The summed E-state index contributed by atoms with van der Waals surface area (Å²) in [6.45, 7) is 0. The van der Waals surface area contributed by atoms with Gasteiger partial charge in [-0.25, -0.2) is 4.39 Å². The Morgan fingerprint density at radius 2 is 1.89 bits per heavy atom. The van der Waals surface area contributed by atoms with Crippen LogP contribution in [0.4, 0.5) is 15.8 Å². The van der Waals surface area contributed by atoms with Crippen LogP contribution in [-0.2, 0) is 0 Å². The van der Waals surface area contributed by atoms with E-state index in [9.17, 15) is 9.18 Å². The van der Waals surface area contributed by atoms with E-state index in [0.717, 1.165) is 10.5 Å². The van der Waals surface area contributed by atoms with E-state index in [1.54, 1.807) is 18.2 Å². The second-order valence-corrected chi connectivity index (χ2v) is 5.58. The first kappa shape index (κ1) is 14.0. The molecule has 0 atom stereocenters. The van der Waals surface area contributed by atoms with E-state index >= 15 is 0 Å². The zero-order chi connectivity index (χ0) is 14.0. The molecule has 2 aromatic carbocycles. The number of hydrogen-bond donors (Lipinski definition) is 2. The van der Waals surface area contributed by atoms with Crippen molar-refractivity contribution in [3.05, 3.63) is 56.7 Å². The van der Waals surface area contributed by atoms with E-state index in [0.29, 0.717) is 15.7 Å². The van der Waals surface area contributed by atoms with Crippen molar-refractivity contribution in [1.29, 1.82) is 0 Å². The highest BCUT2D eigenvalue weighted by molar-refractivity contribution is 9.11. The molecular formula is C13H9Br2FN2O. The van der Waals surface area contributed by atoms with Gasteiger partial charge >= 0.3 is 0 Å². The summed E-state index contributed by atoms with van der Waals surface area (Å²) in [6.07, 6.45) is 0. The van der Waals surface area contributed by atoms with Crippen LogP contribution in [0.5, 0.6) is 0 Å². The molecule has 0 aromatic heterocycles. The van der Waals surface area contributed by atoms with Gasteiger partial charge in [-0.1, -0.05) is 15.9 Å². The average molecular weight is 388 g/mol. The van der Waals surface area contributed by atoms with Gasteiger partial charge in [-0.3, -0.25) is 4.79 Å². The van der Waals surface area contributed by atoms with Crippen molar-refractivity contribution in [2.75, 3.05) is 11.1 Å². The third-order valence-electron chi connectivity index (χ3n) is 2.44. The highest BCUT2D eigenvalue weighted by atomic mass is 79.9. The third kappa shape index (κ3) is 3.33. The van der Waals surface area contributed by atoms with Gasteiger partial charge in [0, 0.05) is 8.95 Å². The number of nitrogens with two attached hydrogens (primary N) is 1. The standard InChI is InChI=1S/C13H9Br2FN2O/c14-7-1-3-9(10(15)5-7)13(19)18-12-4-2-8(16)6-11(12)17/h1-6H,17H2,(H,18,19). The molecule has 1 amide bonds. The number of carbonyl (C=O) groups excluding carboxylic acids is 1. The molecule has 2 rings (SSSR count). The molecule has 3 N–H and O–H groups in total. The van der Waals surface area contributed by atoms with Crippen molar-refractivity contribution < 1.29 is 9.18 Å². The lowest BCUT2D eigenvalue weighted by Gasteiger charge is -2.09. The number of hydrogen-bond acceptors (Lipinski definition) is 2. The molecule has 0 aliphatic carbocycles. The van der Waals surface area contributed by atoms with Gasteiger partial charge in [-0.15, -0.1) is 0 Å². The molecule has 98 valence electrons. The third-order valence-corrected chi connectivity index (χ3v) is 3.59. The Morgan fingerprint density at radius 1 is 1.16 bits per heavy atom. The molecule has 0 fully saturated rings. The van der Waals surface area contributed by atoms with Gasteiger partial charge in [-0.05, 0) is 52.3 Å².